The predicted octanol–water partition coefficient (Wildman–Crippen LogP) is 3.97. The van der Waals surface area contributed by atoms with Crippen LogP contribution in [0.1, 0.15) is 40.3 Å². The summed E-state index contributed by atoms with van der Waals surface area (Å²) in [6.45, 7) is 5.73. The summed E-state index contributed by atoms with van der Waals surface area (Å²) in [6.07, 6.45) is 1.10. The number of anilines is 1. The number of ether oxygens (including phenoxy) is 1. The van der Waals surface area contributed by atoms with Gasteiger partial charge in [0.25, 0.3) is 5.91 Å². The Labute approximate surface area is 183 Å². The summed E-state index contributed by atoms with van der Waals surface area (Å²) in [4.78, 5) is 13.0. The summed E-state index contributed by atoms with van der Waals surface area (Å²) in [7, 11) is -1.75. The van der Waals surface area contributed by atoms with E-state index in [0.29, 0.717) is 11.3 Å². The smallest absolute Gasteiger partial charge is 0.253 e. The molecule has 3 rings (SSSR count). The molecular weight excluding hydrogens is 414 g/mol. The molecule has 1 atom stereocenters. The second-order valence-corrected chi connectivity index (χ2v) is 9.26. The Kier molecular flexibility index (Phi) is 6.40. The van der Waals surface area contributed by atoms with E-state index in [0.717, 1.165) is 34.6 Å². The van der Waals surface area contributed by atoms with Gasteiger partial charge in [-0.2, -0.15) is 0 Å². The average molecular weight is 442 g/mol. The Hall–Kier alpha value is -3.26. The number of carbonyl (C=O) groups excluding carboxylic acids is 1. The van der Waals surface area contributed by atoms with E-state index in [4.69, 9.17) is 4.74 Å². The van der Waals surface area contributed by atoms with Crippen LogP contribution in [0.2, 0.25) is 0 Å². The molecule has 0 saturated carbocycles. The van der Waals surface area contributed by atoms with Gasteiger partial charge in [-0.1, -0.05) is 12.1 Å². The van der Waals surface area contributed by atoms with Crippen molar-refractivity contribution in [2.24, 2.45) is 0 Å². The van der Waals surface area contributed by atoms with E-state index < -0.39 is 10.0 Å². The van der Waals surface area contributed by atoms with Gasteiger partial charge in [0.2, 0.25) is 10.0 Å². The van der Waals surface area contributed by atoms with E-state index in [-0.39, 0.29) is 11.9 Å². The molecule has 2 N–H and O–H groups in total. The molecule has 0 bridgehead atoms. The lowest BCUT2D eigenvalue weighted by atomic mass is 10.1. The fraction of sp³-hybridized carbons (Fsp3) is 0.261. The maximum Gasteiger partial charge on any atom is 0.253 e. The van der Waals surface area contributed by atoms with Crippen LogP contribution in [-0.4, -0.2) is 32.3 Å². The summed E-state index contributed by atoms with van der Waals surface area (Å²) in [5.41, 5.74) is 4.57. The highest BCUT2D eigenvalue weighted by Crippen LogP contribution is 2.24. The van der Waals surface area contributed by atoms with Gasteiger partial charge in [-0.05, 0) is 68.8 Å². The average Bonchev–Trinajstić information content (AvgIpc) is 3.01. The molecular formula is C23H27N3O4S. The number of aromatic nitrogens is 1. The van der Waals surface area contributed by atoms with Crippen LogP contribution in [0, 0.1) is 13.8 Å². The van der Waals surface area contributed by atoms with Crippen LogP contribution in [0.5, 0.6) is 5.75 Å². The number of methoxy groups -OCH3 is 1. The molecule has 3 aromatic rings. The minimum Gasteiger partial charge on any atom is -0.497 e. The van der Waals surface area contributed by atoms with E-state index in [1.54, 1.807) is 25.3 Å². The third-order valence-electron chi connectivity index (χ3n) is 5.04. The van der Waals surface area contributed by atoms with E-state index in [1.807, 2.05) is 61.7 Å². The second kappa shape index (κ2) is 8.85. The Morgan fingerprint density at radius 1 is 1.06 bits per heavy atom. The van der Waals surface area contributed by atoms with Gasteiger partial charge in [-0.3, -0.25) is 9.52 Å². The van der Waals surface area contributed by atoms with Crippen molar-refractivity contribution in [2.75, 3.05) is 18.1 Å². The first-order valence-electron chi connectivity index (χ1n) is 9.81. The normalized spacial score (nSPS) is 12.3. The number of benzene rings is 2. The molecule has 1 heterocycles. The fourth-order valence-corrected chi connectivity index (χ4v) is 4.12. The summed E-state index contributed by atoms with van der Waals surface area (Å²) < 4.78 is 32.7. The van der Waals surface area contributed by atoms with Crippen molar-refractivity contribution in [3.8, 4) is 11.4 Å². The van der Waals surface area contributed by atoms with Gasteiger partial charge in [-0.15, -0.1) is 0 Å². The van der Waals surface area contributed by atoms with Crippen molar-refractivity contribution in [1.82, 2.24) is 9.88 Å². The highest BCUT2D eigenvalue weighted by molar-refractivity contribution is 7.92. The number of aryl methyl sites for hydroxylation is 1. The molecule has 164 valence electrons. The third kappa shape index (κ3) is 5.27. The van der Waals surface area contributed by atoms with Gasteiger partial charge in [0.05, 0.1) is 25.0 Å². The molecule has 0 radical (unpaired) electrons. The van der Waals surface area contributed by atoms with Crippen LogP contribution in [-0.2, 0) is 10.0 Å². The SMILES string of the molecule is COc1ccc(-n2c(C)cc(C(=O)NC(C)c3cccc(NS(C)(=O)=O)c3)c2C)cc1. The molecule has 31 heavy (non-hydrogen) atoms. The van der Waals surface area contributed by atoms with Crippen molar-refractivity contribution >= 4 is 21.6 Å². The van der Waals surface area contributed by atoms with Crippen molar-refractivity contribution in [1.29, 1.82) is 0 Å². The summed E-state index contributed by atoms with van der Waals surface area (Å²) in [5, 5.41) is 3.00. The van der Waals surface area contributed by atoms with Crippen molar-refractivity contribution in [2.45, 2.75) is 26.8 Å². The van der Waals surface area contributed by atoms with Gasteiger partial charge >= 0.3 is 0 Å². The number of rotatable bonds is 7. The molecule has 0 aliphatic carbocycles. The quantitative estimate of drug-likeness (QED) is 0.581. The minimum absolute atomic E-state index is 0.193. The topological polar surface area (TPSA) is 89.4 Å². The number of sulfonamides is 1. The van der Waals surface area contributed by atoms with Gasteiger partial charge in [0.1, 0.15) is 5.75 Å². The molecule has 1 amide bonds. The number of nitrogens with one attached hydrogen (secondary N) is 2. The van der Waals surface area contributed by atoms with Crippen molar-refractivity contribution < 1.29 is 17.9 Å². The van der Waals surface area contributed by atoms with Crippen LogP contribution in [0.15, 0.2) is 54.6 Å². The number of hydrogen-bond acceptors (Lipinski definition) is 4. The van der Waals surface area contributed by atoms with Gasteiger partial charge in [0.15, 0.2) is 0 Å². The molecule has 1 aromatic heterocycles. The maximum atomic E-state index is 13.0. The molecule has 8 heteroatoms. The molecule has 0 saturated heterocycles. The Morgan fingerprint density at radius 3 is 2.35 bits per heavy atom. The molecule has 2 aromatic carbocycles. The third-order valence-corrected chi connectivity index (χ3v) is 5.65. The summed E-state index contributed by atoms with van der Waals surface area (Å²) in [6, 6.07) is 16.2. The number of nitrogens with zero attached hydrogens (tertiary/aromatic N) is 1. The van der Waals surface area contributed by atoms with Crippen LogP contribution in [0.3, 0.4) is 0 Å². The number of amides is 1. The first-order chi connectivity index (χ1) is 14.6. The van der Waals surface area contributed by atoms with Gasteiger partial charge in [-0.25, -0.2) is 8.42 Å². The largest absolute Gasteiger partial charge is 0.497 e. The van der Waals surface area contributed by atoms with E-state index in [1.165, 1.54) is 0 Å². The summed E-state index contributed by atoms with van der Waals surface area (Å²) in [5.74, 6) is 0.576. The zero-order chi connectivity index (χ0) is 22.8. The van der Waals surface area contributed by atoms with Gasteiger partial charge < -0.3 is 14.6 Å². The predicted molar refractivity (Wildman–Crippen MR) is 123 cm³/mol. The Balaban J connectivity index is 1.81. The minimum atomic E-state index is -3.37. The number of hydrogen-bond donors (Lipinski definition) is 2. The Bertz CT molecular complexity index is 1200. The second-order valence-electron chi connectivity index (χ2n) is 7.51. The molecule has 0 fully saturated rings. The van der Waals surface area contributed by atoms with Crippen LogP contribution >= 0.6 is 0 Å². The maximum absolute atomic E-state index is 13.0. The number of carbonyl (C=O) groups is 1. The first-order valence-corrected chi connectivity index (χ1v) is 11.7. The monoisotopic (exact) mass is 441 g/mol. The van der Waals surface area contributed by atoms with E-state index in [2.05, 4.69) is 10.0 Å². The molecule has 0 aliphatic heterocycles. The molecule has 0 spiro atoms. The van der Waals surface area contributed by atoms with E-state index in [9.17, 15) is 13.2 Å². The Morgan fingerprint density at radius 2 is 1.74 bits per heavy atom. The van der Waals surface area contributed by atoms with Crippen LogP contribution in [0.4, 0.5) is 5.69 Å². The fourth-order valence-electron chi connectivity index (χ4n) is 3.56. The zero-order valence-electron chi connectivity index (χ0n) is 18.3. The van der Waals surface area contributed by atoms with E-state index >= 15 is 0 Å². The molecule has 1 unspecified atom stereocenters. The van der Waals surface area contributed by atoms with Crippen molar-refractivity contribution in [3.05, 3.63) is 77.1 Å². The summed E-state index contributed by atoms with van der Waals surface area (Å²) >= 11 is 0. The highest BCUT2D eigenvalue weighted by atomic mass is 32.2. The molecule has 7 nitrogen and oxygen atoms in total. The lowest BCUT2D eigenvalue weighted by molar-refractivity contribution is 0.0939. The standard InChI is InChI=1S/C23H27N3O4S/c1-15-13-22(17(3)26(15)20-9-11-21(30-4)12-10-20)23(27)24-16(2)18-7-6-8-19(14-18)25-31(5,28)29/h6-14,16,25H,1-5H3,(H,24,27). The molecule has 0 aliphatic rings. The zero-order valence-corrected chi connectivity index (χ0v) is 19.1. The lowest BCUT2D eigenvalue weighted by Crippen LogP contribution is -2.27. The van der Waals surface area contributed by atoms with Crippen molar-refractivity contribution in [3.63, 3.8) is 0 Å². The highest BCUT2D eigenvalue weighted by Gasteiger charge is 2.19. The van der Waals surface area contributed by atoms with Gasteiger partial charge in [0, 0.05) is 22.8 Å². The van der Waals surface area contributed by atoms with Crippen LogP contribution < -0.4 is 14.8 Å². The van der Waals surface area contributed by atoms with Crippen LogP contribution in [0.25, 0.3) is 5.69 Å². The lowest BCUT2D eigenvalue weighted by Gasteiger charge is -2.16. The first kappa shape index (κ1) is 22.4.